The van der Waals surface area contributed by atoms with E-state index in [2.05, 4.69) is 24.1 Å². The SMILES string of the molecule is CCN(CC)Cc1ccc(C(=O)NC(CO)C(C)C)o1. The molecule has 1 aromatic rings. The number of nitrogens with one attached hydrogen (secondary N) is 1. The van der Waals surface area contributed by atoms with E-state index in [-0.39, 0.29) is 24.5 Å². The van der Waals surface area contributed by atoms with Crippen molar-refractivity contribution in [1.82, 2.24) is 10.2 Å². The molecule has 0 aliphatic carbocycles. The number of furan rings is 1. The summed E-state index contributed by atoms with van der Waals surface area (Å²) >= 11 is 0. The van der Waals surface area contributed by atoms with Crippen LogP contribution in [0.3, 0.4) is 0 Å². The van der Waals surface area contributed by atoms with Gasteiger partial charge in [0.15, 0.2) is 5.76 Å². The van der Waals surface area contributed by atoms with Crippen molar-refractivity contribution >= 4 is 5.91 Å². The number of rotatable bonds is 8. The molecule has 0 spiro atoms. The number of carbonyl (C=O) groups excluding carboxylic acids is 1. The summed E-state index contributed by atoms with van der Waals surface area (Å²) in [6.45, 7) is 10.6. The summed E-state index contributed by atoms with van der Waals surface area (Å²) in [5, 5.41) is 12.0. The van der Waals surface area contributed by atoms with Gasteiger partial charge < -0.3 is 14.8 Å². The Morgan fingerprint density at radius 3 is 2.50 bits per heavy atom. The molecular weight excluding hydrogens is 256 g/mol. The monoisotopic (exact) mass is 282 g/mol. The minimum atomic E-state index is -0.274. The number of aliphatic hydroxyl groups excluding tert-OH is 1. The third-order valence-corrected chi connectivity index (χ3v) is 3.48. The summed E-state index contributed by atoms with van der Waals surface area (Å²) in [7, 11) is 0. The lowest BCUT2D eigenvalue weighted by Gasteiger charge is -2.19. The molecule has 0 bridgehead atoms. The molecule has 1 heterocycles. The minimum absolute atomic E-state index is 0.0730. The van der Waals surface area contributed by atoms with Gasteiger partial charge in [-0.1, -0.05) is 27.7 Å². The van der Waals surface area contributed by atoms with Crippen molar-refractivity contribution in [2.45, 2.75) is 40.3 Å². The van der Waals surface area contributed by atoms with Gasteiger partial charge in [-0.05, 0) is 31.1 Å². The van der Waals surface area contributed by atoms with Crippen molar-refractivity contribution in [1.29, 1.82) is 0 Å². The fourth-order valence-corrected chi connectivity index (χ4v) is 1.92. The lowest BCUT2D eigenvalue weighted by molar-refractivity contribution is 0.0865. The number of hydrogen-bond acceptors (Lipinski definition) is 4. The van der Waals surface area contributed by atoms with Gasteiger partial charge in [0, 0.05) is 0 Å². The van der Waals surface area contributed by atoms with E-state index in [9.17, 15) is 9.90 Å². The summed E-state index contributed by atoms with van der Waals surface area (Å²) in [4.78, 5) is 14.2. The summed E-state index contributed by atoms with van der Waals surface area (Å²) in [5.74, 6) is 0.979. The highest BCUT2D eigenvalue weighted by Gasteiger charge is 2.18. The highest BCUT2D eigenvalue weighted by molar-refractivity contribution is 5.91. The molecule has 1 rings (SSSR count). The first-order valence-electron chi connectivity index (χ1n) is 7.24. The highest BCUT2D eigenvalue weighted by Crippen LogP contribution is 2.11. The van der Waals surface area contributed by atoms with E-state index < -0.39 is 0 Å². The van der Waals surface area contributed by atoms with Crippen LogP contribution >= 0.6 is 0 Å². The molecule has 0 saturated carbocycles. The minimum Gasteiger partial charge on any atom is -0.455 e. The van der Waals surface area contributed by atoms with Gasteiger partial charge in [0.2, 0.25) is 0 Å². The lowest BCUT2D eigenvalue weighted by atomic mass is 10.1. The zero-order chi connectivity index (χ0) is 15.1. The first-order valence-corrected chi connectivity index (χ1v) is 7.24. The van der Waals surface area contributed by atoms with Gasteiger partial charge in [0.05, 0.1) is 19.2 Å². The van der Waals surface area contributed by atoms with Gasteiger partial charge in [0.25, 0.3) is 5.91 Å². The second-order valence-electron chi connectivity index (χ2n) is 5.23. The molecule has 0 fully saturated rings. The van der Waals surface area contributed by atoms with E-state index in [4.69, 9.17) is 4.42 Å². The molecule has 1 amide bonds. The number of amides is 1. The fraction of sp³-hybridized carbons (Fsp3) is 0.667. The number of hydrogen-bond donors (Lipinski definition) is 2. The van der Waals surface area contributed by atoms with Gasteiger partial charge in [-0.15, -0.1) is 0 Å². The van der Waals surface area contributed by atoms with Crippen LogP contribution in [0.25, 0.3) is 0 Å². The third-order valence-electron chi connectivity index (χ3n) is 3.48. The number of nitrogens with zero attached hydrogens (tertiary/aromatic N) is 1. The summed E-state index contributed by atoms with van der Waals surface area (Å²) in [5.41, 5.74) is 0. The zero-order valence-electron chi connectivity index (χ0n) is 12.8. The maximum atomic E-state index is 12.0. The Hall–Kier alpha value is -1.33. The Balaban J connectivity index is 2.64. The van der Waals surface area contributed by atoms with Crippen molar-refractivity contribution in [3.63, 3.8) is 0 Å². The van der Waals surface area contributed by atoms with Crippen LogP contribution in [-0.2, 0) is 6.54 Å². The average Bonchev–Trinajstić information content (AvgIpc) is 2.90. The molecule has 0 aromatic carbocycles. The number of carbonyl (C=O) groups is 1. The van der Waals surface area contributed by atoms with Crippen LogP contribution in [0.4, 0.5) is 0 Å². The average molecular weight is 282 g/mol. The van der Waals surface area contributed by atoms with E-state index >= 15 is 0 Å². The Bertz CT molecular complexity index is 411. The van der Waals surface area contributed by atoms with E-state index in [1.54, 1.807) is 6.07 Å². The van der Waals surface area contributed by atoms with Gasteiger partial charge >= 0.3 is 0 Å². The summed E-state index contributed by atoms with van der Waals surface area (Å²) in [6, 6.07) is 3.26. The van der Waals surface area contributed by atoms with Gasteiger partial charge in [0.1, 0.15) is 5.76 Å². The predicted molar refractivity (Wildman–Crippen MR) is 78.5 cm³/mol. The van der Waals surface area contributed by atoms with Crippen LogP contribution in [0.5, 0.6) is 0 Å². The van der Waals surface area contributed by atoms with Crippen molar-refractivity contribution in [2.75, 3.05) is 19.7 Å². The van der Waals surface area contributed by atoms with Gasteiger partial charge in [-0.3, -0.25) is 9.69 Å². The van der Waals surface area contributed by atoms with Crippen LogP contribution in [-0.4, -0.2) is 41.7 Å². The summed E-state index contributed by atoms with van der Waals surface area (Å²) in [6.07, 6.45) is 0. The molecule has 114 valence electrons. The maximum absolute atomic E-state index is 12.0. The second-order valence-corrected chi connectivity index (χ2v) is 5.23. The Kier molecular flexibility index (Phi) is 6.75. The molecule has 1 atom stereocenters. The maximum Gasteiger partial charge on any atom is 0.287 e. The molecule has 20 heavy (non-hydrogen) atoms. The normalized spacial score (nSPS) is 12.9. The van der Waals surface area contributed by atoms with Crippen molar-refractivity contribution in [2.24, 2.45) is 5.92 Å². The molecule has 1 unspecified atom stereocenters. The zero-order valence-corrected chi connectivity index (χ0v) is 12.8. The van der Waals surface area contributed by atoms with Crippen LogP contribution < -0.4 is 5.32 Å². The molecule has 0 aliphatic heterocycles. The third kappa shape index (κ3) is 4.65. The fourth-order valence-electron chi connectivity index (χ4n) is 1.92. The molecule has 2 N–H and O–H groups in total. The lowest BCUT2D eigenvalue weighted by Crippen LogP contribution is -2.41. The Morgan fingerprint density at radius 2 is 2.00 bits per heavy atom. The van der Waals surface area contributed by atoms with E-state index in [1.165, 1.54) is 0 Å². The van der Waals surface area contributed by atoms with Crippen LogP contribution in [0.1, 0.15) is 44.0 Å². The first kappa shape index (κ1) is 16.7. The standard InChI is InChI=1S/C15H26N2O3/c1-5-17(6-2)9-12-7-8-14(20-12)15(19)16-13(10-18)11(3)4/h7-8,11,13,18H,5-6,9-10H2,1-4H3,(H,16,19). The Labute approximate surface area is 121 Å². The van der Waals surface area contributed by atoms with Gasteiger partial charge in [-0.25, -0.2) is 0 Å². The van der Waals surface area contributed by atoms with Crippen LogP contribution in [0.2, 0.25) is 0 Å². The topological polar surface area (TPSA) is 65.7 Å². The molecular formula is C15H26N2O3. The quantitative estimate of drug-likeness (QED) is 0.764. The van der Waals surface area contributed by atoms with Crippen molar-refractivity contribution < 1.29 is 14.3 Å². The van der Waals surface area contributed by atoms with Crippen LogP contribution in [0, 0.1) is 5.92 Å². The van der Waals surface area contributed by atoms with Crippen molar-refractivity contribution in [3.8, 4) is 0 Å². The molecule has 0 radical (unpaired) electrons. The van der Waals surface area contributed by atoms with Gasteiger partial charge in [-0.2, -0.15) is 0 Å². The van der Waals surface area contributed by atoms with Crippen molar-refractivity contribution in [3.05, 3.63) is 23.7 Å². The predicted octanol–water partition coefficient (Wildman–Crippen LogP) is 1.87. The van der Waals surface area contributed by atoms with E-state index in [0.29, 0.717) is 12.3 Å². The molecule has 5 nitrogen and oxygen atoms in total. The van der Waals surface area contributed by atoms with E-state index in [1.807, 2.05) is 19.9 Å². The largest absolute Gasteiger partial charge is 0.455 e. The second kappa shape index (κ2) is 8.07. The number of aliphatic hydroxyl groups is 1. The molecule has 0 aliphatic rings. The molecule has 5 heteroatoms. The smallest absolute Gasteiger partial charge is 0.287 e. The summed E-state index contributed by atoms with van der Waals surface area (Å²) < 4.78 is 5.57. The van der Waals surface area contributed by atoms with Crippen LogP contribution in [0.15, 0.2) is 16.5 Å². The molecule has 1 aromatic heterocycles. The van der Waals surface area contributed by atoms with E-state index in [0.717, 1.165) is 18.8 Å². The highest BCUT2D eigenvalue weighted by atomic mass is 16.4. The molecule has 0 saturated heterocycles. The Morgan fingerprint density at radius 1 is 1.35 bits per heavy atom. The first-order chi connectivity index (χ1) is 9.51.